The van der Waals surface area contributed by atoms with E-state index in [1.54, 1.807) is 12.1 Å². The summed E-state index contributed by atoms with van der Waals surface area (Å²) < 4.78 is 0. The highest BCUT2D eigenvalue weighted by Crippen LogP contribution is 1.59. The lowest BCUT2D eigenvalue weighted by molar-refractivity contribution is -0.113. The van der Waals surface area contributed by atoms with Crippen LogP contribution in [-0.4, -0.2) is 5.91 Å². The third-order valence-corrected chi connectivity index (χ3v) is 0.434. The normalized spacial score (nSPS) is 6.73. The number of nitrogens with two attached hydrogens (primary N) is 1. The molecule has 1 amide bonds. The molecule has 0 bridgehead atoms. The van der Waals surface area contributed by atoms with Gasteiger partial charge >= 0.3 is 0 Å². The number of amides is 1. The standard InChI is InChI=1S/C4H2N2.C3H5NO/c5-3-1-2-4-6;1-2-3(4)5/h1-2H;2H,1H2,(H2,4,5). The fraction of sp³-hybridized carbons (Fsp3) is 0. The lowest BCUT2D eigenvalue weighted by atomic mass is 10.6. The topological polar surface area (TPSA) is 90.7 Å². The molecule has 0 saturated heterocycles. The van der Waals surface area contributed by atoms with Gasteiger partial charge in [-0.15, -0.1) is 0 Å². The van der Waals surface area contributed by atoms with E-state index >= 15 is 0 Å². The summed E-state index contributed by atoms with van der Waals surface area (Å²) in [5.74, 6) is -0.481. The van der Waals surface area contributed by atoms with E-state index in [1.807, 2.05) is 0 Å². The monoisotopic (exact) mass is 149 g/mol. The highest BCUT2D eigenvalue weighted by molar-refractivity contribution is 5.84. The van der Waals surface area contributed by atoms with E-state index in [2.05, 4.69) is 12.3 Å². The molecule has 0 aliphatic carbocycles. The summed E-state index contributed by atoms with van der Waals surface area (Å²) in [4.78, 5) is 9.47. The molecule has 4 nitrogen and oxygen atoms in total. The summed E-state index contributed by atoms with van der Waals surface area (Å²) in [6.45, 7) is 3.09. The molecule has 0 unspecified atom stereocenters. The van der Waals surface area contributed by atoms with Gasteiger partial charge in [0, 0.05) is 12.2 Å². The van der Waals surface area contributed by atoms with Gasteiger partial charge in [-0.1, -0.05) is 6.58 Å². The number of carbonyl (C=O) groups is 1. The minimum Gasteiger partial charge on any atom is -0.366 e. The first-order valence-corrected chi connectivity index (χ1v) is 2.55. The number of hydrogen-bond donors (Lipinski definition) is 1. The fourth-order valence-corrected chi connectivity index (χ4v) is 0.0745. The number of nitrogens with zero attached hydrogens (tertiary/aromatic N) is 2. The van der Waals surface area contributed by atoms with Gasteiger partial charge in [0.15, 0.2) is 0 Å². The quantitative estimate of drug-likeness (QED) is 0.427. The van der Waals surface area contributed by atoms with Crippen LogP contribution in [0, 0.1) is 22.7 Å². The Morgan fingerprint density at radius 3 is 1.73 bits per heavy atom. The predicted molar refractivity (Wildman–Crippen MR) is 39.8 cm³/mol. The molecule has 0 aromatic rings. The van der Waals surface area contributed by atoms with Gasteiger partial charge in [0.2, 0.25) is 5.91 Å². The molecule has 11 heavy (non-hydrogen) atoms. The minimum absolute atomic E-state index is 0.481. The summed E-state index contributed by atoms with van der Waals surface area (Å²) >= 11 is 0. The Balaban J connectivity index is 0. The zero-order valence-electron chi connectivity index (χ0n) is 5.82. The molecule has 0 aliphatic heterocycles. The average molecular weight is 149 g/mol. The fourth-order valence-electron chi connectivity index (χ4n) is 0.0745. The van der Waals surface area contributed by atoms with Crippen LogP contribution in [0.1, 0.15) is 0 Å². The zero-order valence-corrected chi connectivity index (χ0v) is 5.82. The molecule has 0 saturated carbocycles. The Morgan fingerprint density at radius 2 is 1.64 bits per heavy atom. The minimum atomic E-state index is -0.481. The van der Waals surface area contributed by atoms with Crippen molar-refractivity contribution in [2.75, 3.05) is 0 Å². The molecule has 0 heterocycles. The third kappa shape index (κ3) is 32.5. The van der Waals surface area contributed by atoms with Gasteiger partial charge in [0.25, 0.3) is 0 Å². The Bertz CT molecular complexity index is 213. The molecule has 0 radical (unpaired) electrons. The number of hydrogen-bond acceptors (Lipinski definition) is 3. The third-order valence-electron chi connectivity index (χ3n) is 0.434. The molecule has 0 aromatic heterocycles. The van der Waals surface area contributed by atoms with Crippen LogP contribution in [0.3, 0.4) is 0 Å². The molecular formula is C7H7N3O. The van der Waals surface area contributed by atoms with E-state index < -0.39 is 5.91 Å². The van der Waals surface area contributed by atoms with Gasteiger partial charge in [0.05, 0.1) is 12.1 Å². The van der Waals surface area contributed by atoms with Crippen LogP contribution in [-0.2, 0) is 4.79 Å². The van der Waals surface area contributed by atoms with Gasteiger partial charge < -0.3 is 5.73 Å². The number of primary amides is 1. The molecule has 0 atom stereocenters. The maximum Gasteiger partial charge on any atom is 0.240 e. The highest BCUT2D eigenvalue weighted by atomic mass is 16.1. The molecule has 0 spiro atoms. The van der Waals surface area contributed by atoms with Crippen molar-refractivity contribution >= 4 is 5.91 Å². The first-order chi connectivity index (χ1) is 5.18. The van der Waals surface area contributed by atoms with Crippen molar-refractivity contribution in [1.82, 2.24) is 0 Å². The first-order valence-electron chi connectivity index (χ1n) is 2.55. The second kappa shape index (κ2) is 10.8. The maximum atomic E-state index is 9.47. The van der Waals surface area contributed by atoms with Crippen molar-refractivity contribution in [3.8, 4) is 12.1 Å². The second-order valence-corrected chi connectivity index (χ2v) is 1.20. The van der Waals surface area contributed by atoms with Crippen LogP contribution >= 0.6 is 0 Å². The van der Waals surface area contributed by atoms with Gasteiger partial charge in [-0.2, -0.15) is 10.5 Å². The van der Waals surface area contributed by atoms with Crippen molar-refractivity contribution in [3.05, 3.63) is 24.8 Å². The molecule has 0 aromatic carbocycles. The van der Waals surface area contributed by atoms with Crippen LogP contribution in [0.4, 0.5) is 0 Å². The summed E-state index contributed by atoms with van der Waals surface area (Å²) in [5.41, 5.74) is 4.53. The van der Waals surface area contributed by atoms with E-state index in [0.717, 1.165) is 18.2 Å². The lowest BCUT2D eigenvalue weighted by Gasteiger charge is -1.65. The Hall–Kier alpha value is -2.07. The average Bonchev–Trinajstić information content (AvgIpc) is 2.02. The van der Waals surface area contributed by atoms with Crippen molar-refractivity contribution in [2.45, 2.75) is 0 Å². The van der Waals surface area contributed by atoms with Crippen molar-refractivity contribution in [2.24, 2.45) is 5.73 Å². The van der Waals surface area contributed by atoms with E-state index in [4.69, 9.17) is 10.5 Å². The van der Waals surface area contributed by atoms with Crippen LogP contribution in [0.2, 0.25) is 0 Å². The summed E-state index contributed by atoms with van der Waals surface area (Å²) in [6, 6.07) is 3.33. The smallest absolute Gasteiger partial charge is 0.240 e. The number of allylic oxidation sites excluding steroid dienone is 2. The number of carbonyl (C=O) groups excluding carboxylic acids is 1. The summed E-state index contributed by atoms with van der Waals surface area (Å²) in [5, 5.41) is 15.4. The number of rotatable bonds is 1. The maximum absolute atomic E-state index is 9.47. The Morgan fingerprint density at radius 1 is 1.36 bits per heavy atom. The molecule has 0 rings (SSSR count). The number of nitriles is 2. The van der Waals surface area contributed by atoms with E-state index in [1.165, 1.54) is 0 Å². The zero-order chi connectivity index (χ0) is 9.11. The largest absolute Gasteiger partial charge is 0.366 e. The van der Waals surface area contributed by atoms with E-state index in [0.29, 0.717) is 0 Å². The van der Waals surface area contributed by atoms with Crippen LogP contribution in [0.15, 0.2) is 24.8 Å². The Kier molecular flexibility index (Phi) is 11.5. The lowest BCUT2D eigenvalue weighted by Crippen LogP contribution is -2.04. The van der Waals surface area contributed by atoms with Crippen LogP contribution < -0.4 is 5.73 Å². The van der Waals surface area contributed by atoms with Crippen molar-refractivity contribution in [3.63, 3.8) is 0 Å². The SMILES string of the molecule is C=CC(N)=O.N#CC=CC#N. The Labute approximate surface area is 64.8 Å². The van der Waals surface area contributed by atoms with Gasteiger partial charge in [-0.25, -0.2) is 0 Å². The van der Waals surface area contributed by atoms with E-state index in [9.17, 15) is 4.79 Å². The molecule has 2 N–H and O–H groups in total. The molecule has 0 aliphatic rings. The second-order valence-electron chi connectivity index (χ2n) is 1.20. The van der Waals surface area contributed by atoms with Crippen LogP contribution in [0.25, 0.3) is 0 Å². The van der Waals surface area contributed by atoms with Crippen LogP contribution in [0.5, 0.6) is 0 Å². The van der Waals surface area contributed by atoms with Gasteiger partial charge in [-0.05, 0) is 6.08 Å². The summed E-state index contributed by atoms with van der Waals surface area (Å²) in [6.07, 6.45) is 3.31. The van der Waals surface area contributed by atoms with Crippen molar-refractivity contribution in [1.29, 1.82) is 10.5 Å². The molecule has 0 fully saturated rings. The first kappa shape index (κ1) is 11.7. The highest BCUT2D eigenvalue weighted by Gasteiger charge is 1.69. The molecule has 56 valence electrons. The van der Waals surface area contributed by atoms with Crippen molar-refractivity contribution < 1.29 is 4.79 Å². The van der Waals surface area contributed by atoms with Gasteiger partial charge in [0.1, 0.15) is 0 Å². The predicted octanol–water partition coefficient (Wildman–Crippen LogP) is 0.247. The molecular weight excluding hydrogens is 142 g/mol. The summed E-state index contributed by atoms with van der Waals surface area (Å²) in [7, 11) is 0. The van der Waals surface area contributed by atoms with Gasteiger partial charge in [-0.3, -0.25) is 4.79 Å². The van der Waals surface area contributed by atoms with E-state index in [-0.39, 0.29) is 0 Å². The molecule has 4 heteroatoms.